The van der Waals surface area contributed by atoms with Gasteiger partial charge in [-0.05, 0) is 44.2 Å². The van der Waals surface area contributed by atoms with Crippen molar-refractivity contribution >= 4 is 5.84 Å². The predicted molar refractivity (Wildman–Crippen MR) is 56.6 cm³/mol. The van der Waals surface area contributed by atoms with Crippen molar-refractivity contribution in [3.05, 3.63) is 28.6 Å². The maximum atomic E-state index is 7.43. The van der Waals surface area contributed by atoms with E-state index in [2.05, 4.69) is 4.98 Å². The van der Waals surface area contributed by atoms with Gasteiger partial charge in [0.1, 0.15) is 5.84 Å². The number of nitrogens with one attached hydrogen (secondary N) is 1. The molecule has 3 heteroatoms. The van der Waals surface area contributed by atoms with Crippen LogP contribution in [0.15, 0.2) is 6.07 Å². The molecular weight excluding hydrogens is 174 g/mol. The first-order chi connectivity index (χ1) is 6.68. The van der Waals surface area contributed by atoms with Crippen LogP contribution in [0.2, 0.25) is 0 Å². The average Bonchev–Trinajstić information content (AvgIpc) is 2.16. The molecule has 0 bridgehead atoms. The molecule has 1 aromatic heterocycles. The first kappa shape index (κ1) is 9.19. The topological polar surface area (TPSA) is 62.8 Å². The molecule has 0 atom stereocenters. The quantitative estimate of drug-likeness (QED) is 0.520. The van der Waals surface area contributed by atoms with Gasteiger partial charge in [-0.25, -0.2) is 0 Å². The van der Waals surface area contributed by atoms with Gasteiger partial charge in [0.2, 0.25) is 0 Å². The van der Waals surface area contributed by atoms with Crippen molar-refractivity contribution in [1.29, 1.82) is 5.41 Å². The Kier molecular flexibility index (Phi) is 2.23. The minimum atomic E-state index is 0.128. The third-order valence-electron chi connectivity index (χ3n) is 2.78. The molecule has 1 heterocycles. The Balaban J connectivity index is 2.50. The summed E-state index contributed by atoms with van der Waals surface area (Å²) in [6.07, 6.45) is 4.63. The number of amidine groups is 1. The van der Waals surface area contributed by atoms with Crippen LogP contribution in [0.25, 0.3) is 0 Å². The van der Waals surface area contributed by atoms with E-state index in [1.807, 2.05) is 13.0 Å². The number of nitrogens with zero attached hydrogens (tertiary/aromatic N) is 1. The third-order valence-corrected chi connectivity index (χ3v) is 2.78. The lowest BCUT2D eigenvalue weighted by molar-refractivity contribution is 0.665. The third kappa shape index (κ3) is 1.50. The van der Waals surface area contributed by atoms with E-state index in [0.717, 1.165) is 24.1 Å². The number of pyridine rings is 1. The Bertz CT molecular complexity index is 382. The lowest BCUT2D eigenvalue weighted by Crippen LogP contribution is -2.16. The molecule has 3 nitrogen and oxygen atoms in total. The highest BCUT2D eigenvalue weighted by atomic mass is 14.8. The van der Waals surface area contributed by atoms with Crippen LogP contribution >= 0.6 is 0 Å². The standard InChI is InChI=1S/C11H15N3/c1-7-9(11(12)13)6-8-4-2-3-5-10(8)14-7/h6H,2-5H2,1H3,(H3,12,13). The highest BCUT2D eigenvalue weighted by molar-refractivity contribution is 5.96. The van der Waals surface area contributed by atoms with Crippen molar-refractivity contribution in [3.63, 3.8) is 0 Å². The number of nitrogen functional groups attached to an aromatic ring is 1. The Labute approximate surface area is 83.9 Å². The maximum absolute atomic E-state index is 7.43. The van der Waals surface area contributed by atoms with Crippen LogP contribution in [0.3, 0.4) is 0 Å². The van der Waals surface area contributed by atoms with Crippen molar-refractivity contribution in [2.75, 3.05) is 0 Å². The molecule has 1 aliphatic carbocycles. The predicted octanol–water partition coefficient (Wildman–Crippen LogP) is 1.55. The average molecular weight is 189 g/mol. The van der Waals surface area contributed by atoms with Gasteiger partial charge in [-0.2, -0.15) is 0 Å². The Morgan fingerprint density at radius 2 is 2.14 bits per heavy atom. The van der Waals surface area contributed by atoms with Gasteiger partial charge in [0.25, 0.3) is 0 Å². The van der Waals surface area contributed by atoms with E-state index < -0.39 is 0 Å². The molecule has 1 aliphatic rings. The SMILES string of the molecule is Cc1nc2c(cc1C(=N)N)CCCC2. The van der Waals surface area contributed by atoms with Crippen LogP contribution in [0.1, 0.15) is 35.4 Å². The molecule has 0 saturated carbocycles. The number of fused-ring (bicyclic) bond motifs is 1. The molecule has 0 aliphatic heterocycles. The van der Waals surface area contributed by atoms with Gasteiger partial charge in [-0.1, -0.05) is 0 Å². The molecule has 3 N–H and O–H groups in total. The second-order valence-corrected chi connectivity index (χ2v) is 3.85. The van der Waals surface area contributed by atoms with Gasteiger partial charge in [0.05, 0.1) is 0 Å². The van der Waals surface area contributed by atoms with Crippen LogP contribution < -0.4 is 5.73 Å². The minimum Gasteiger partial charge on any atom is -0.384 e. The molecule has 0 aromatic carbocycles. The zero-order valence-electron chi connectivity index (χ0n) is 8.43. The lowest BCUT2D eigenvalue weighted by atomic mass is 9.94. The molecule has 0 saturated heterocycles. The van der Waals surface area contributed by atoms with E-state index in [1.165, 1.54) is 24.1 Å². The molecule has 0 amide bonds. The van der Waals surface area contributed by atoms with E-state index in [0.29, 0.717) is 0 Å². The summed E-state index contributed by atoms with van der Waals surface area (Å²) in [6, 6.07) is 2.04. The second-order valence-electron chi connectivity index (χ2n) is 3.85. The van der Waals surface area contributed by atoms with Crippen molar-refractivity contribution in [3.8, 4) is 0 Å². The zero-order valence-corrected chi connectivity index (χ0v) is 8.43. The monoisotopic (exact) mass is 189 g/mol. The molecule has 0 radical (unpaired) electrons. The van der Waals surface area contributed by atoms with E-state index in [1.54, 1.807) is 0 Å². The lowest BCUT2D eigenvalue weighted by Gasteiger charge is -2.16. The van der Waals surface area contributed by atoms with Gasteiger partial charge >= 0.3 is 0 Å². The number of aromatic nitrogens is 1. The van der Waals surface area contributed by atoms with Crippen molar-refractivity contribution in [1.82, 2.24) is 4.98 Å². The summed E-state index contributed by atoms with van der Waals surface area (Å²) in [6.45, 7) is 1.92. The fourth-order valence-electron chi connectivity index (χ4n) is 2.01. The summed E-state index contributed by atoms with van der Waals surface area (Å²) in [4.78, 5) is 4.51. The summed E-state index contributed by atoms with van der Waals surface area (Å²) in [5.41, 5.74) is 9.67. The normalized spacial score (nSPS) is 14.9. The number of hydrogen-bond acceptors (Lipinski definition) is 2. The summed E-state index contributed by atoms with van der Waals surface area (Å²) < 4.78 is 0. The molecule has 0 fully saturated rings. The van der Waals surface area contributed by atoms with E-state index >= 15 is 0 Å². The van der Waals surface area contributed by atoms with Crippen LogP contribution in [0.4, 0.5) is 0 Å². The number of rotatable bonds is 1. The van der Waals surface area contributed by atoms with Crippen LogP contribution in [-0.2, 0) is 12.8 Å². The highest BCUT2D eigenvalue weighted by Crippen LogP contribution is 2.21. The first-order valence-electron chi connectivity index (χ1n) is 5.02. The fourth-order valence-corrected chi connectivity index (χ4v) is 2.01. The molecule has 0 spiro atoms. The van der Waals surface area contributed by atoms with Crippen LogP contribution in [-0.4, -0.2) is 10.8 Å². The largest absolute Gasteiger partial charge is 0.384 e. The summed E-state index contributed by atoms with van der Waals surface area (Å²) in [5, 5.41) is 7.43. The minimum absolute atomic E-state index is 0.128. The van der Waals surface area contributed by atoms with Crippen molar-refractivity contribution in [2.45, 2.75) is 32.6 Å². The zero-order chi connectivity index (χ0) is 10.1. The first-order valence-corrected chi connectivity index (χ1v) is 5.02. The van der Waals surface area contributed by atoms with Gasteiger partial charge in [-0.3, -0.25) is 10.4 Å². The highest BCUT2D eigenvalue weighted by Gasteiger charge is 2.13. The molecule has 14 heavy (non-hydrogen) atoms. The summed E-state index contributed by atoms with van der Waals surface area (Å²) in [7, 11) is 0. The van der Waals surface area contributed by atoms with Gasteiger partial charge < -0.3 is 5.73 Å². The smallest absolute Gasteiger partial charge is 0.124 e. The van der Waals surface area contributed by atoms with Crippen LogP contribution in [0.5, 0.6) is 0 Å². The Morgan fingerprint density at radius 1 is 1.43 bits per heavy atom. The Hall–Kier alpha value is -1.38. The number of aryl methyl sites for hydroxylation is 3. The molecule has 74 valence electrons. The molecular formula is C11H15N3. The van der Waals surface area contributed by atoms with Gasteiger partial charge in [0, 0.05) is 17.0 Å². The molecule has 2 rings (SSSR count). The number of nitrogens with two attached hydrogens (primary N) is 1. The van der Waals surface area contributed by atoms with E-state index in [9.17, 15) is 0 Å². The second kappa shape index (κ2) is 3.40. The summed E-state index contributed by atoms with van der Waals surface area (Å²) in [5.74, 6) is 0.128. The number of hydrogen-bond donors (Lipinski definition) is 2. The van der Waals surface area contributed by atoms with Crippen molar-refractivity contribution < 1.29 is 0 Å². The fraction of sp³-hybridized carbons (Fsp3) is 0.455. The van der Waals surface area contributed by atoms with Gasteiger partial charge in [-0.15, -0.1) is 0 Å². The Morgan fingerprint density at radius 3 is 2.86 bits per heavy atom. The van der Waals surface area contributed by atoms with E-state index in [-0.39, 0.29) is 5.84 Å². The maximum Gasteiger partial charge on any atom is 0.124 e. The van der Waals surface area contributed by atoms with Gasteiger partial charge in [0.15, 0.2) is 0 Å². The summed E-state index contributed by atoms with van der Waals surface area (Å²) >= 11 is 0. The molecule has 1 aromatic rings. The molecule has 0 unspecified atom stereocenters. The van der Waals surface area contributed by atoms with Crippen molar-refractivity contribution in [2.24, 2.45) is 5.73 Å². The van der Waals surface area contributed by atoms with Crippen LogP contribution in [0, 0.1) is 12.3 Å². The van der Waals surface area contributed by atoms with E-state index in [4.69, 9.17) is 11.1 Å².